The third-order valence-electron chi connectivity index (χ3n) is 6.31. The van der Waals surface area contributed by atoms with E-state index in [1.165, 1.54) is 43.4 Å². The predicted molar refractivity (Wildman–Crippen MR) is 130 cm³/mol. The third-order valence-corrected chi connectivity index (χ3v) is 7.36. The molecule has 0 unspecified atom stereocenters. The van der Waals surface area contributed by atoms with Crippen LogP contribution in [0.15, 0.2) is 54.3 Å². The number of para-hydroxylation sites is 1. The van der Waals surface area contributed by atoms with Crippen LogP contribution in [-0.4, -0.2) is 34.9 Å². The lowest BCUT2D eigenvalue weighted by Crippen LogP contribution is -2.31. The monoisotopic (exact) mass is 446 g/mol. The zero-order valence-corrected chi connectivity index (χ0v) is 18.6. The fourth-order valence-corrected chi connectivity index (χ4v) is 5.58. The number of aliphatic hydroxyl groups excluding tert-OH is 1. The van der Waals surface area contributed by atoms with Crippen molar-refractivity contribution in [1.29, 1.82) is 5.41 Å². The average Bonchev–Trinajstić information content (AvgIpc) is 3.37. The van der Waals surface area contributed by atoms with Crippen LogP contribution >= 0.6 is 11.3 Å². The summed E-state index contributed by atoms with van der Waals surface area (Å²) in [4.78, 5) is 19.1. The van der Waals surface area contributed by atoms with Gasteiger partial charge in [-0.3, -0.25) is 10.2 Å². The fourth-order valence-electron chi connectivity index (χ4n) is 4.55. The third kappa shape index (κ3) is 4.00. The highest BCUT2D eigenvalue weighted by Crippen LogP contribution is 2.35. The summed E-state index contributed by atoms with van der Waals surface area (Å²) in [6, 6.07) is 15.1. The molecule has 7 heteroatoms. The van der Waals surface area contributed by atoms with E-state index >= 15 is 0 Å². The summed E-state index contributed by atoms with van der Waals surface area (Å²) in [6.07, 6.45) is 6.17. The lowest BCUT2D eigenvalue weighted by molar-refractivity contribution is 0.0943. The Bertz CT molecular complexity index is 1180. The second kappa shape index (κ2) is 8.74. The van der Waals surface area contributed by atoms with Gasteiger partial charge in [-0.2, -0.15) is 0 Å². The van der Waals surface area contributed by atoms with Crippen LogP contribution in [0, 0.1) is 11.3 Å². The standard InChI is InChI=1S/C25H26N4O2S/c26-23-22(25-28-19-11-4-5-12-21(19)32-25)20(30)15-29(23)18-10-6-9-17(13-18)24(31)27-14-16-7-2-1-3-8-16/h4-6,9-13,16,26,30H,1-3,7-8,14-15H2,(H,27,31). The molecule has 0 bridgehead atoms. The van der Waals surface area contributed by atoms with Gasteiger partial charge in [-0.05, 0) is 49.1 Å². The molecular weight excluding hydrogens is 420 g/mol. The first-order valence-electron chi connectivity index (χ1n) is 11.1. The summed E-state index contributed by atoms with van der Waals surface area (Å²) in [5.74, 6) is 0.800. The van der Waals surface area contributed by atoms with E-state index in [1.54, 1.807) is 17.0 Å². The molecule has 0 radical (unpaired) electrons. The topological polar surface area (TPSA) is 89.3 Å². The molecule has 6 nitrogen and oxygen atoms in total. The maximum absolute atomic E-state index is 12.7. The molecule has 5 rings (SSSR count). The summed E-state index contributed by atoms with van der Waals surface area (Å²) in [6.45, 7) is 0.907. The predicted octanol–water partition coefficient (Wildman–Crippen LogP) is 5.37. The number of rotatable bonds is 5. The number of carbonyl (C=O) groups is 1. The number of aliphatic hydroxyl groups is 1. The number of nitrogens with zero attached hydrogens (tertiary/aromatic N) is 2. The Morgan fingerprint density at radius 2 is 1.97 bits per heavy atom. The second-order valence-electron chi connectivity index (χ2n) is 8.51. The van der Waals surface area contributed by atoms with E-state index < -0.39 is 0 Å². The Morgan fingerprint density at radius 1 is 1.16 bits per heavy atom. The van der Waals surface area contributed by atoms with Crippen LogP contribution in [0.3, 0.4) is 0 Å². The zero-order chi connectivity index (χ0) is 22.1. The molecule has 2 aliphatic rings. The van der Waals surface area contributed by atoms with Gasteiger partial charge in [0, 0.05) is 17.8 Å². The largest absolute Gasteiger partial charge is 0.510 e. The van der Waals surface area contributed by atoms with E-state index in [1.807, 2.05) is 36.4 Å². The van der Waals surface area contributed by atoms with Gasteiger partial charge in [0.05, 0.1) is 22.3 Å². The van der Waals surface area contributed by atoms with Crippen LogP contribution < -0.4 is 10.2 Å². The van der Waals surface area contributed by atoms with E-state index in [9.17, 15) is 9.90 Å². The van der Waals surface area contributed by atoms with E-state index in [-0.39, 0.29) is 24.0 Å². The first-order valence-corrected chi connectivity index (χ1v) is 11.9. The van der Waals surface area contributed by atoms with Crippen molar-refractivity contribution in [2.75, 3.05) is 18.0 Å². The maximum Gasteiger partial charge on any atom is 0.251 e. The number of amidine groups is 1. The summed E-state index contributed by atoms with van der Waals surface area (Å²) >= 11 is 1.47. The number of anilines is 1. The molecule has 1 fully saturated rings. The molecule has 3 N–H and O–H groups in total. The van der Waals surface area contributed by atoms with Crippen LogP contribution in [0.4, 0.5) is 5.69 Å². The number of carbonyl (C=O) groups excluding carboxylic acids is 1. The quantitative estimate of drug-likeness (QED) is 0.491. The molecule has 0 spiro atoms. The van der Waals surface area contributed by atoms with Gasteiger partial charge in [-0.1, -0.05) is 37.5 Å². The fraction of sp³-hybridized carbons (Fsp3) is 0.320. The highest BCUT2D eigenvalue weighted by Gasteiger charge is 2.31. The Kier molecular flexibility index (Phi) is 5.66. The molecule has 32 heavy (non-hydrogen) atoms. The Labute approximate surface area is 191 Å². The van der Waals surface area contributed by atoms with Crippen molar-refractivity contribution < 1.29 is 9.90 Å². The summed E-state index contributed by atoms with van der Waals surface area (Å²) in [5, 5.41) is 23.1. The minimum Gasteiger partial charge on any atom is -0.510 e. The maximum atomic E-state index is 12.7. The molecule has 3 aromatic rings. The van der Waals surface area contributed by atoms with Crippen molar-refractivity contribution in [3.05, 3.63) is 64.9 Å². The lowest BCUT2D eigenvalue weighted by atomic mass is 9.89. The number of hydrogen-bond donors (Lipinski definition) is 3. The smallest absolute Gasteiger partial charge is 0.251 e. The normalized spacial score (nSPS) is 17.4. The molecule has 2 heterocycles. The van der Waals surface area contributed by atoms with E-state index in [0.717, 1.165) is 10.2 Å². The molecule has 1 aromatic heterocycles. The van der Waals surface area contributed by atoms with Crippen LogP contribution in [0.2, 0.25) is 0 Å². The Balaban J connectivity index is 1.32. The van der Waals surface area contributed by atoms with Crippen molar-refractivity contribution >= 4 is 44.6 Å². The van der Waals surface area contributed by atoms with E-state index in [2.05, 4.69) is 10.3 Å². The minimum atomic E-state index is -0.0910. The molecule has 0 atom stereocenters. The van der Waals surface area contributed by atoms with Crippen LogP contribution in [0.5, 0.6) is 0 Å². The van der Waals surface area contributed by atoms with Crippen molar-refractivity contribution in [2.24, 2.45) is 5.92 Å². The molecule has 1 aliphatic carbocycles. The van der Waals surface area contributed by atoms with Crippen LogP contribution in [0.1, 0.15) is 47.5 Å². The van der Waals surface area contributed by atoms with E-state index in [0.29, 0.717) is 34.3 Å². The van der Waals surface area contributed by atoms with Crippen molar-refractivity contribution in [3.8, 4) is 0 Å². The molecule has 164 valence electrons. The second-order valence-corrected chi connectivity index (χ2v) is 9.54. The van der Waals surface area contributed by atoms with E-state index in [4.69, 9.17) is 5.41 Å². The number of amides is 1. The van der Waals surface area contributed by atoms with Gasteiger partial charge in [0.15, 0.2) is 0 Å². The van der Waals surface area contributed by atoms with Crippen LogP contribution in [-0.2, 0) is 0 Å². The summed E-state index contributed by atoms with van der Waals surface area (Å²) < 4.78 is 1.02. The Hall–Kier alpha value is -3.19. The number of nitrogens with one attached hydrogen (secondary N) is 2. The Morgan fingerprint density at radius 3 is 2.78 bits per heavy atom. The SMILES string of the molecule is N=C1C(c2nc3ccccc3s2)=C(O)CN1c1cccc(C(=O)NCC2CCCCC2)c1. The zero-order valence-electron chi connectivity index (χ0n) is 17.8. The minimum absolute atomic E-state index is 0.0910. The number of aromatic nitrogens is 1. The van der Waals surface area contributed by atoms with Gasteiger partial charge >= 0.3 is 0 Å². The lowest BCUT2D eigenvalue weighted by Gasteiger charge is -2.22. The molecule has 2 aromatic carbocycles. The van der Waals surface area contributed by atoms with Gasteiger partial charge in [0.2, 0.25) is 0 Å². The number of thiazole rings is 1. The molecular formula is C25H26N4O2S. The summed E-state index contributed by atoms with van der Waals surface area (Å²) in [7, 11) is 0. The average molecular weight is 447 g/mol. The van der Waals surface area contributed by atoms with Crippen LogP contribution in [0.25, 0.3) is 15.8 Å². The number of benzene rings is 2. The molecule has 1 amide bonds. The van der Waals surface area contributed by atoms with Gasteiger partial charge in [0.25, 0.3) is 5.91 Å². The molecule has 0 saturated heterocycles. The van der Waals surface area contributed by atoms with Gasteiger partial charge < -0.3 is 15.3 Å². The first-order chi connectivity index (χ1) is 15.6. The van der Waals surface area contributed by atoms with Crippen molar-refractivity contribution in [3.63, 3.8) is 0 Å². The number of fused-ring (bicyclic) bond motifs is 1. The van der Waals surface area contributed by atoms with Crippen molar-refractivity contribution in [1.82, 2.24) is 10.3 Å². The van der Waals surface area contributed by atoms with Crippen molar-refractivity contribution in [2.45, 2.75) is 32.1 Å². The van der Waals surface area contributed by atoms with Gasteiger partial charge in [0.1, 0.15) is 16.6 Å². The molecule has 1 saturated carbocycles. The number of hydrogen-bond acceptors (Lipinski definition) is 5. The highest BCUT2D eigenvalue weighted by atomic mass is 32.1. The first kappa shape index (κ1) is 20.7. The van der Waals surface area contributed by atoms with Gasteiger partial charge in [-0.15, -0.1) is 11.3 Å². The molecule has 1 aliphatic heterocycles. The summed E-state index contributed by atoms with van der Waals surface area (Å²) in [5.41, 5.74) is 2.59. The van der Waals surface area contributed by atoms with Gasteiger partial charge in [-0.25, -0.2) is 4.98 Å². The highest BCUT2D eigenvalue weighted by molar-refractivity contribution is 7.19.